The maximum absolute atomic E-state index is 12.8. The molecule has 1 aliphatic heterocycles. The van der Waals surface area contributed by atoms with Gasteiger partial charge in [0.2, 0.25) is 16.1 Å². The van der Waals surface area contributed by atoms with Crippen LogP contribution < -0.4 is 15.8 Å². The van der Waals surface area contributed by atoms with Gasteiger partial charge in [0.25, 0.3) is 5.91 Å². The van der Waals surface area contributed by atoms with Crippen molar-refractivity contribution in [3.05, 3.63) is 23.5 Å². The standard InChI is InChI=1S/C17H18FN3O5S/c1-8(6-18)26-12-4-11(20-7-10(12)9-2-3-9)14(23)21-17(5-13(19)22)15(24)27-16(17)25/h4,7-9H,2-3,5-6H2,1H3,(H2,19,22)(H,21,23). The number of alkyl halides is 1. The van der Waals surface area contributed by atoms with Crippen molar-refractivity contribution >= 4 is 33.8 Å². The summed E-state index contributed by atoms with van der Waals surface area (Å²) in [6, 6.07) is 1.36. The Kier molecular flexibility index (Phi) is 5.18. The van der Waals surface area contributed by atoms with Crippen molar-refractivity contribution in [1.29, 1.82) is 0 Å². The lowest BCUT2D eigenvalue weighted by atomic mass is 9.96. The Bertz CT molecular complexity index is 813. The lowest BCUT2D eigenvalue weighted by Gasteiger charge is -2.36. The fourth-order valence-corrected chi connectivity index (χ4v) is 3.52. The van der Waals surface area contributed by atoms with Gasteiger partial charge in [-0.2, -0.15) is 0 Å². The van der Waals surface area contributed by atoms with Gasteiger partial charge < -0.3 is 15.8 Å². The van der Waals surface area contributed by atoms with Crippen molar-refractivity contribution in [2.75, 3.05) is 6.67 Å². The molecule has 2 heterocycles. The minimum Gasteiger partial charge on any atom is -0.488 e. The van der Waals surface area contributed by atoms with E-state index in [1.165, 1.54) is 12.3 Å². The average molecular weight is 395 g/mol. The number of amides is 2. The second-order valence-electron chi connectivity index (χ2n) is 6.64. The molecule has 1 atom stereocenters. The van der Waals surface area contributed by atoms with E-state index in [2.05, 4.69) is 10.3 Å². The number of carbonyl (C=O) groups excluding carboxylic acids is 4. The Hall–Kier alpha value is -2.49. The summed E-state index contributed by atoms with van der Waals surface area (Å²) >= 11 is 0.412. The number of pyridine rings is 1. The predicted molar refractivity (Wildman–Crippen MR) is 93.9 cm³/mol. The number of hydrogen-bond donors (Lipinski definition) is 2. The number of hydrogen-bond acceptors (Lipinski definition) is 7. The number of nitrogens with two attached hydrogens (primary N) is 1. The maximum Gasteiger partial charge on any atom is 0.271 e. The van der Waals surface area contributed by atoms with Crippen LogP contribution in [0.2, 0.25) is 0 Å². The Labute approximate surface area is 158 Å². The van der Waals surface area contributed by atoms with Crippen LogP contribution in [-0.2, 0) is 14.4 Å². The number of aromatic nitrogens is 1. The van der Waals surface area contributed by atoms with Crippen LogP contribution in [0.4, 0.5) is 4.39 Å². The number of rotatable bonds is 8. The van der Waals surface area contributed by atoms with Crippen molar-refractivity contribution in [3.63, 3.8) is 0 Å². The summed E-state index contributed by atoms with van der Waals surface area (Å²) in [4.78, 5) is 51.7. The quantitative estimate of drug-likeness (QED) is 0.624. The highest BCUT2D eigenvalue weighted by Crippen LogP contribution is 2.44. The molecule has 1 saturated carbocycles. The van der Waals surface area contributed by atoms with Crippen LogP contribution in [0.25, 0.3) is 0 Å². The van der Waals surface area contributed by atoms with Gasteiger partial charge in [-0.3, -0.25) is 24.2 Å². The first kappa shape index (κ1) is 19.3. The molecule has 1 unspecified atom stereocenters. The number of thioether (sulfide) groups is 1. The van der Waals surface area contributed by atoms with Crippen LogP contribution >= 0.6 is 11.8 Å². The molecule has 2 amide bonds. The van der Waals surface area contributed by atoms with Gasteiger partial charge >= 0.3 is 0 Å². The lowest BCUT2D eigenvalue weighted by molar-refractivity contribution is -0.134. The van der Waals surface area contributed by atoms with Crippen LogP contribution in [0.5, 0.6) is 5.75 Å². The molecule has 0 spiro atoms. The number of halogens is 1. The molecule has 0 radical (unpaired) electrons. The largest absolute Gasteiger partial charge is 0.488 e. The van der Waals surface area contributed by atoms with Crippen molar-refractivity contribution in [2.45, 2.75) is 43.7 Å². The molecule has 27 heavy (non-hydrogen) atoms. The lowest BCUT2D eigenvalue weighted by Crippen LogP contribution is -2.66. The van der Waals surface area contributed by atoms with Crippen molar-refractivity contribution < 1.29 is 28.3 Å². The van der Waals surface area contributed by atoms with Crippen LogP contribution in [0.15, 0.2) is 12.3 Å². The predicted octanol–water partition coefficient (Wildman–Crippen LogP) is 0.840. The number of nitrogens with zero attached hydrogens (tertiary/aromatic N) is 1. The fourth-order valence-electron chi connectivity index (χ4n) is 2.73. The van der Waals surface area contributed by atoms with Gasteiger partial charge in [-0.05, 0) is 37.4 Å². The van der Waals surface area contributed by atoms with E-state index in [9.17, 15) is 23.6 Å². The Morgan fingerprint density at radius 1 is 1.44 bits per heavy atom. The summed E-state index contributed by atoms with van der Waals surface area (Å²) in [5, 5.41) is 0.973. The molecule has 1 aromatic rings. The molecule has 3 N–H and O–H groups in total. The molecule has 0 bridgehead atoms. The first-order valence-electron chi connectivity index (χ1n) is 8.37. The third-order valence-corrected chi connectivity index (χ3v) is 5.41. The molecule has 3 rings (SSSR count). The number of ether oxygens (including phenoxy) is 1. The summed E-state index contributed by atoms with van der Waals surface area (Å²) in [5.74, 6) is -1.12. The van der Waals surface area contributed by atoms with E-state index in [4.69, 9.17) is 10.5 Å². The molecule has 2 aliphatic rings. The minimum atomic E-state index is -1.96. The summed E-state index contributed by atoms with van der Waals surface area (Å²) < 4.78 is 18.4. The molecule has 144 valence electrons. The van der Waals surface area contributed by atoms with Gasteiger partial charge in [0, 0.05) is 17.8 Å². The van der Waals surface area contributed by atoms with E-state index in [1.54, 1.807) is 6.92 Å². The minimum absolute atomic E-state index is 0.109. The van der Waals surface area contributed by atoms with Gasteiger partial charge in [0.1, 0.15) is 24.2 Å². The number of nitrogens with one attached hydrogen (secondary N) is 1. The van der Waals surface area contributed by atoms with Crippen molar-refractivity contribution in [3.8, 4) is 5.75 Å². The van der Waals surface area contributed by atoms with Crippen molar-refractivity contribution in [2.24, 2.45) is 5.73 Å². The number of primary amides is 1. The molecule has 1 saturated heterocycles. The number of carbonyl (C=O) groups is 4. The molecule has 0 aromatic carbocycles. The molecule has 1 aromatic heterocycles. The zero-order valence-electron chi connectivity index (χ0n) is 14.5. The fraction of sp³-hybridized carbons (Fsp3) is 0.471. The highest BCUT2D eigenvalue weighted by molar-refractivity contribution is 8.30. The van der Waals surface area contributed by atoms with E-state index < -0.39 is 46.8 Å². The van der Waals surface area contributed by atoms with Gasteiger partial charge in [0.05, 0.1) is 6.42 Å². The van der Waals surface area contributed by atoms with Crippen LogP contribution in [0, 0.1) is 0 Å². The highest BCUT2D eigenvalue weighted by Gasteiger charge is 2.58. The molecule has 8 nitrogen and oxygen atoms in total. The summed E-state index contributed by atoms with van der Waals surface area (Å²) in [6.45, 7) is 0.859. The van der Waals surface area contributed by atoms with Gasteiger partial charge in [-0.1, -0.05) is 0 Å². The van der Waals surface area contributed by atoms with Gasteiger partial charge in [-0.15, -0.1) is 0 Å². The normalized spacial score (nSPS) is 19.2. The van der Waals surface area contributed by atoms with E-state index >= 15 is 0 Å². The van der Waals surface area contributed by atoms with E-state index in [0.29, 0.717) is 17.5 Å². The van der Waals surface area contributed by atoms with Crippen molar-refractivity contribution in [1.82, 2.24) is 10.3 Å². The summed E-state index contributed by atoms with van der Waals surface area (Å²) in [6.07, 6.45) is 2.07. The molecule has 2 fully saturated rings. The topological polar surface area (TPSA) is 128 Å². The zero-order chi connectivity index (χ0) is 19.8. The summed E-state index contributed by atoms with van der Waals surface area (Å²) in [7, 11) is 0. The second-order valence-corrected chi connectivity index (χ2v) is 7.59. The third kappa shape index (κ3) is 3.80. The molecule has 1 aliphatic carbocycles. The third-order valence-electron chi connectivity index (χ3n) is 4.34. The maximum atomic E-state index is 12.8. The average Bonchev–Trinajstić information content (AvgIpc) is 3.45. The van der Waals surface area contributed by atoms with E-state index in [-0.39, 0.29) is 11.6 Å². The Morgan fingerprint density at radius 3 is 2.63 bits per heavy atom. The van der Waals surface area contributed by atoms with Crippen LogP contribution in [0.3, 0.4) is 0 Å². The van der Waals surface area contributed by atoms with Crippen LogP contribution in [0.1, 0.15) is 48.2 Å². The second kappa shape index (κ2) is 7.26. The van der Waals surface area contributed by atoms with Gasteiger partial charge in [0.15, 0.2) is 5.54 Å². The highest BCUT2D eigenvalue weighted by atomic mass is 32.2. The van der Waals surface area contributed by atoms with E-state index in [0.717, 1.165) is 18.4 Å². The molecular weight excluding hydrogens is 377 g/mol. The van der Waals surface area contributed by atoms with Crippen LogP contribution in [-0.4, -0.2) is 45.3 Å². The van der Waals surface area contributed by atoms with Gasteiger partial charge in [-0.25, -0.2) is 4.39 Å². The SMILES string of the molecule is CC(CF)Oc1cc(C(=O)NC2(CC(N)=O)C(=O)SC2=O)ncc1C1CC1. The molecular formula is C17H18FN3O5S. The molecule has 10 heteroatoms. The van der Waals surface area contributed by atoms with E-state index in [1.807, 2.05) is 0 Å². The first-order chi connectivity index (χ1) is 12.8. The Balaban J connectivity index is 1.85. The zero-order valence-corrected chi connectivity index (χ0v) is 15.3. The monoisotopic (exact) mass is 395 g/mol. The Morgan fingerprint density at radius 2 is 2.11 bits per heavy atom. The smallest absolute Gasteiger partial charge is 0.271 e. The first-order valence-corrected chi connectivity index (χ1v) is 9.18. The summed E-state index contributed by atoms with van der Waals surface area (Å²) in [5.41, 5.74) is 3.82.